The molecule has 7 heteroatoms. The van der Waals surface area contributed by atoms with Gasteiger partial charge < -0.3 is 9.88 Å². The van der Waals surface area contributed by atoms with E-state index in [0.29, 0.717) is 12.1 Å². The van der Waals surface area contributed by atoms with E-state index in [2.05, 4.69) is 50.0 Å². The zero-order chi connectivity index (χ0) is 20.5. The van der Waals surface area contributed by atoms with Gasteiger partial charge in [-0.25, -0.2) is 4.98 Å². The fourth-order valence-electron chi connectivity index (χ4n) is 3.70. The van der Waals surface area contributed by atoms with Gasteiger partial charge in [-0.1, -0.05) is 35.6 Å². The van der Waals surface area contributed by atoms with Crippen LogP contribution in [0.5, 0.6) is 0 Å². The normalized spacial score (nSPS) is 11.2. The molecular weight excluding hydrogens is 416 g/mol. The Morgan fingerprint density at radius 1 is 1.13 bits per heavy atom. The van der Waals surface area contributed by atoms with Crippen molar-refractivity contribution in [2.24, 2.45) is 0 Å². The number of carbonyl (C=O) groups excluding carboxylic acids is 1. The second kappa shape index (κ2) is 9.16. The molecule has 2 heterocycles. The summed E-state index contributed by atoms with van der Waals surface area (Å²) < 4.78 is 1.15. The van der Waals surface area contributed by atoms with E-state index in [-0.39, 0.29) is 18.3 Å². The third kappa shape index (κ3) is 4.36. The van der Waals surface area contributed by atoms with E-state index in [4.69, 9.17) is 4.98 Å². The zero-order valence-corrected chi connectivity index (χ0v) is 19.4. The number of rotatable bonds is 6. The van der Waals surface area contributed by atoms with E-state index in [1.807, 2.05) is 35.4 Å². The van der Waals surface area contributed by atoms with Gasteiger partial charge in [-0.3, -0.25) is 9.69 Å². The maximum absolute atomic E-state index is 13.6. The molecule has 4 aromatic rings. The first-order chi connectivity index (χ1) is 13.9. The second-order valence-electron chi connectivity index (χ2n) is 7.79. The zero-order valence-electron chi connectivity index (χ0n) is 17.7. The monoisotopic (exact) mass is 442 g/mol. The van der Waals surface area contributed by atoms with Crippen molar-refractivity contribution in [2.75, 3.05) is 32.1 Å². The maximum atomic E-state index is 13.6. The van der Waals surface area contributed by atoms with Crippen LogP contribution in [0.15, 0.2) is 42.6 Å². The number of aromatic amines is 1. The van der Waals surface area contributed by atoms with E-state index in [1.165, 1.54) is 11.1 Å². The number of benzene rings is 2. The van der Waals surface area contributed by atoms with Gasteiger partial charge in [0.2, 0.25) is 0 Å². The van der Waals surface area contributed by atoms with Crippen LogP contribution in [0.2, 0.25) is 0 Å². The number of fused-ring (bicyclic) bond motifs is 2. The number of aromatic nitrogens is 2. The fraction of sp³-hybridized carbons (Fsp3) is 0.304. The minimum atomic E-state index is -0.00497. The standard InChI is InChI=1S/C23H26N4OS.ClH/c1-15-12-16(2)21-20(13-15)25-23(29-21)27(11-7-10-26(3)4)22(28)18-14-24-19-9-6-5-8-17(18)19;/h5-6,8-9,12-14,24H,7,10-11H2,1-4H3;1H. The Hall–Kier alpha value is -2.41. The minimum absolute atomic E-state index is 0. The summed E-state index contributed by atoms with van der Waals surface area (Å²) in [5.74, 6) is -0.00497. The summed E-state index contributed by atoms with van der Waals surface area (Å²) in [6.07, 6.45) is 2.70. The van der Waals surface area contributed by atoms with Crippen LogP contribution in [0.1, 0.15) is 27.9 Å². The number of carbonyl (C=O) groups is 1. The van der Waals surface area contributed by atoms with Crippen LogP contribution in [0.4, 0.5) is 5.13 Å². The van der Waals surface area contributed by atoms with Crippen molar-refractivity contribution < 1.29 is 4.79 Å². The lowest BCUT2D eigenvalue weighted by Crippen LogP contribution is -2.33. The Morgan fingerprint density at radius 3 is 2.67 bits per heavy atom. The summed E-state index contributed by atoms with van der Waals surface area (Å²) in [6, 6.07) is 12.2. The van der Waals surface area contributed by atoms with Crippen molar-refractivity contribution in [3.63, 3.8) is 0 Å². The number of aryl methyl sites for hydroxylation is 2. The van der Waals surface area contributed by atoms with Crippen molar-refractivity contribution in [3.8, 4) is 0 Å². The summed E-state index contributed by atoms with van der Waals surface area (Å²) in [5.41, 5.74) is 5.02. The summed E-state index contributed by atoms with van der Waals surface area (Å²) >= 11 is 1.60. The maximum Gasteiger partial charge on any atom is 0.262 e. The quantitative estimate of drug-likeness (QED) is 0.434. The first-order valence-corrected chi connectivity index (χ1v) is 10.7. The van der Waals surface area contributed by atoms with E-state index in [1.54, 1.807) is 11.3 Å². The molecule has 30 heavy (non-hydrogen) atoms. The molecule has 0 atom stereocenters. The molecule has 0 aliphatic rings. The van der Waals surface area contributed by atoms with Gasteiger partial charge in [0.05, 0.1) is 15.8 Å². The molecule has 0 bridgehead atoms. The Kier molecular flexibility index (Phi) is 6.81. The number of amides is 1. The van der Waals surface area contributed by atoms with E-state index < -0.39 is 0 Å². The number of thiazole rings is 1. The lowest BCUT2D eigenvalue weighted by atomic mass is 10.1. The molecule has 158 valence electrons. The molecule has 0 unspecified atom stereocenters. The van der Waals surface area contributed by atoms with Gasteiger partial charge in [0.1, 0.15) is 0 Å². The number of H-pyrrole nitrogens is 1. The van der Waals surface area contributed by atoms with Crippen LogP contribution in [0.3, 0.4) is 0 Å². The molecule has 1 N–H and O–H groups in total. The van der Waals surface area contributed by atoms with Crippen LogP contribution >= 0.6 is 23.7 Å². The molecule has 2 aromatic carbocycles. The number of hydrogen-bond donors (Lipinski definition) is 1. The summed E-state index contributed by atoms with van der Waals surface area (Å²) in [4.78, 5) is 25.6. The van der Waals surface area contributed by atoms with Gasteiger partial charge in [0.15, 0.2) is 5.13 Å². The molecule has 2 aromatic heterocycles. The van der Waals surface area contributed by atoms with Crippen LogP contribution in [-0.4, -0.2) is 48.0 Å². The molecule has 0 saturated heterocycles. The van der Waals surface area contributed by atoms with Crippen molar-refractivity contribution in [2.45, 2.75) is 20.3 Å². The van der Waals surface area contributed by atoms with Gasteiger partial charge >= 0.3 is 0 Å². The fourth-order valence-corrected chi connectivity index (χ4v) is 4.74. The van der Waals surface area contributed by atoms with Crippen molar-refractivity contribution in [1.82, 2.24) is 14.9 Å². The number of nitrogens with one attached hydrogen (secondary N) is 1. The molecule has 0 aliphatic carbocycles. The van der Waals surface area contributed by atoms with E-state index >= 15 is 0 Å². The molecule has 0 radical (unpaired) electrons. The van der Waals surface area contributed by atoms with Crippen LogP contribution in [0.25, 0.3) is 21.1 Å². The molecule has 0 spiro atoms. The van der Waals surface area contributed by atoms with Gasteiger partial charge in [-0.15, -0.1) is 12.4 Å². The van der Waals surface area contributed by atoms with Gasteiger partial charge in [0.25, 0.3) is 5.91 Å². The molecule has 0 aliphatic heterocycles. The predicted molar refractivity (Wildman–Crippen MR) is 129 cm³/mol. The lowest BCUT2D eigenvalue weighted by Gasteiger charge is -2.20. The number of anilines is 1. The third-order valence-electron chi connectivity index (χ3n) is 5.09. The predicted octanol–water partition coefficient (Wildman–Crippen LogP) is 5.41. The number of para-hydroxylation sites is 1. The Labute approximate surface area is 187 Å². The molecule has 1 amide bonds. The van der Waals surface area contributed by atoms with Crippen LogP contribution in [0, 0.1) is 13.8 Å². The van der Waals surface area contributed by atoms with Crippen LogP contribution in [-0.2, 0) is 0 Å². The number of hydrogen-bond acceptors (Lipinski definition) is 4. The van der Waals surface area contributed by atoms with E-state index in [0.717, 1.165) is 39.2 Å². The average molecular weight is 443 g/mol. The summed E-state index contributed by atoms with van der Waals surface area (Å²) in [6.45, 7) is 5.74. The first-order valence-electron chi connectivity index (χ1n) is 9.84. The van der Waals surface area contributed by atoms with Crippen molar-refractivity contribution >= 4 is 55.9 Å². The Bertz CT molecular complexity index is 1180. The van der Waals surface area contributed by atoms with Crippen molar-refractivity contribution in [1.29, 1.82) is 0 Å². The average Bonchev–Trinajstić information content (AvgIpc) is 3.28. The number of nitrogens with zero attached hydrogens (tertiary/aromatic N) is 3. The smallest absolute Gasteiger partial charge is 0.262 e. The molecule has 5 nitrogen and oxygen atoms in total. The van der Waals surface area contributed by atoms with E-state index in [9.17, 15) is 4.79 Å². The second-order valence-corrected chi connectivity index (χ2v) is 8.77. The highest BCUT2D eigenvalue weighted by molar-refractivity contribution is 7.22. The topological polar surface area (TPSA) is 52.2 Å². The third-order valence-corrected chi connectivity index (χ3v) is 6.32. The highest BCUT2D eigenvalue weighted by atomic mass is 35.5. The molecule has 0 saturated carbocycles. The summed E-state index contributed by atoms with van der Waals surface area (Å²) in [7, 11) is 4.10. The van der Waals surface area contributed by atoms with Gasteiger partial charge in [-0.05, 0) is 64.2 Å². The highest BCUT2D eigenvalue weighted by Gasteiger charge is 2.24. The molecule has 0 fully saturated rings. The first kappa shape index (κ1) is 22.3. The lowest BCUT2D eigenvalue weighted by molar-refractivity contribution is 0.0987. The minimum Gasteiger partial charge on any atom is -0.360 e. The molecular formula is C23H27ClN4OS. The molecule has 4 rings (SSSR count). The largest absolute Gasteiger partial charge is 0.360 e. The number of halogens is 1. The van der Waals surface area contributed by atoms with Crippen LogP contribution < -0.4 is 4.90 Å². The highest BCUT2D eigenvalue weighted by Crippen LogP contribution is 2.33. The van der Waals surface area contributed by atoms with Crippen molar-refractivity contribution in [3.05, 3.63) is 59.3 Å². The SMILES string of the molecule is Cc1cc(C)c2sc(N(CCCN(C)C)C(=O)c3c[nH]c4ccccc34)nc2c1.Cl. The van der Waals surface area contributed by atoms with Gasteiger partial charge in [0, 0.05) is 23.6 Å². The Morgan fingerprint density at radius 2 is 1.90 bits per heavy atom. The summed E-state index contributed by atoms with van der Waals surface area (Å²) in [5, 5.41) is 1.71. The Balaban J connectivity index is 0.00000256. The van der Waals surface area contributed by atoms with Gasteiger partial charge in [-0.2, -0.15) is 0 Å².